The molecule has 0 aliphatic rings. The smallest absolute Gasteiger partial charge is 0.269 e. The number of nitrogens with zero attached hydrogens (tertiary/aromatic N) is 3. The number of halogens is 1. The van der Waals surface area contributed by atoms with E-state index in [0.717, 1.165) is 6.07 Å². The van der Waals surface area contributed by atoms with E-state index in [1.54, 1.807) is 6.92 Å². The molecule has 1 aromatic heterocycles. The van der Waals surface area contributed by atoms with Crippen molar-refractivity contribution in [2.75, 3.05) is 10.0 Å². The summed E-state index contributed by atoms with van der Waals surface area (Å²) in [5, 5.41) is 17.5. The Morgan fingerprint density at radius 2 is 1.80 bits per heavy atom. The summed E-state index contributed by atoms with van der Waals surface area (Å²) in [7, 11) is -4.14. The number of rotatable bonds is 7. The van der Waals surface area contributed by atoms with Gasteiger partial charge in [-0.3, -0.25) is 19.6 Å². The number of para-hydroxylation sites is 1. The highest BCUT2D eigenvalue weighted by Crippen LogP contribution is 2.24. The van der Waals surface area contributed by atoms with Crippen LogP contribution >= 0.6 is 0 Å². The third-order valence-corrected chi connectivity index (χ3v) is 6.53. The van der Waals surface area contributed by atoms with Gasteiger partial charge in [0.25, 0.3) is 21.6 Å². The number of nitrogens with one attached hydrogen (secondary N) is 2. The van der Waals surface area contributed by atoms with Crippen molar-refractivity contribution in [3.63, 3.8) is 0 Å². The third-order valence-electron chi connectivity index (χ3n) is 5.02. The number of nitro groups is 1. The maximum absolute atomic E-state index is 13.9. The van der Waals surface area contributed by atoms with Crippen LogP contribution < -0.4 is 10.0 Å². The van der Waals surface area contributed by atoms with Gasteiger partial charge in [0.2, 0.25) is 0 Å². The van der Waals surface area contributed by atoms with Gasteiger partial charge in [-0.25, -0.2) is 17.5 Å². The Balaban J connectivity index is 1.53. The van der Waals surface area contributed by atoms with Gasteiger partial charge in [0, 0.05) is 24.0 Å². The summed E-state index contributed by atoms with van der Waals surface area (Å²) in [6, 6.07) is 15.3. The van der Waals surface area contributed by atoms with Gasteiger partial charge in [-0.1, -0.05) is 18.2 Å². The van der Waals surface area contributed by atoms with Crippen LogP contribution in [0.15, 0.2) is 84.0 Å². The highest BCUT2D eigenvalue weighted by molar-refractivity contribution is 7.92. The van der Waals surface area contributed by atoms with Crippen molar-refractivity contribution in [3.05, 3.63) is 106 Å². The first-order valence-electron chi connectivity index (χ1n) is 10.1. The first-order chi connectivity index (χ1) is 16.6. The van der Waals surface area contributed by atoms with E-state index < -0.39 is 26.7 Å². The first kappa shape index (κ1) is 23.6. The topological polar surface area (TPSA) is 136 Å². The van der Waals surface area contributed by atoms with Crippen LogP contribution in [0.4, 0.5) is 21.5 Å². The Labute approximate surface area is 199 Å². The minimum atomic E-state index is -4.14. The number of amides is 1. The summed E-state index contributed by atoms with van der Waals surface area (Å²) in [6.07, 6.45) is 2.74. The number of non-ortho nitro benzene ring substituents is 1. The van der Waals surface area contributed by atoms with Gasteiger partial charge in [-0.05, 0) is 48.9 Å². The molecular weight excluding hydrogens is 477 g/mol. The molecule has 0 aliphatic carbocycles. The molecule has 1 amide bonds. The number of hydrogen-bond donors (Lipinski definition) is 2. The summed E-state index contributed by atoms with van der Waals surface area (Å²) < 4.78 is 43.3. The second kappa shape index (κ2) is 9.35. The van der Waals surface area contributed by atoms with Crippen LogP contribution in [0.2, 0.25) is 0 Å². The van der Waals surface area contributed by atoms with E-state index in [9.17, 15) is 27.7 Å². The van der Waals surface area contributed by atoms with Crippen molar-refractivity contribution < 1.29 is 22.5 Å². The molecule has 0 saturated heterocycles. The average molecular weight is 495 g/mol. The van der Waals surface area contributed by atoms with Crippen LogP contribution in [-0.4, -0.2) is 29.0 Å². The zero-order valence-corrected chi connectivity index (χ0v) is 19.0. The second-order valence-electron chi connectivity index (χ2n) is 7.47. The lowest BCUT2D eigenvalue weighted by atomic mass is 10.2. The Morgan fingerprint density at radius 3 is 2.49 bits per heavy atom. The largest absolute Gasteiger partial charge is 0.322 e. The number of aryl methyl sites for hydroxylation is 1. The van der Waals surface area contributed by atoms with Gasteiger partial charge in [0.05, 0.1) is 33.0 Å². The first-order valence-corrected chi connectivity index (χ1v) is 11.6. The number of carbonyl (C=O) groups excluding carboxylic acids is 1. The monoisotopic (exact) mass is 495 g/mol. The maximum Gasteiger partial charge on any atom is 0.269 e. The standard InChI is InChI=1S/C23H18FN5O5S/c1-15-6-7-17(12-22(15)35(33,34)27-21-5-3-2-4-20(21)24)26-23(30)16-13-25-28(14-16)18-8-10-19(11-9-18)29(31)32/h2-14,27H,1H3,(H,26,30). The predicted molar refractivity (Wildman–Crippen MR) is 127 cm³/mol. The van der Waals surface area contributed by atoms with Gasteiger partial charge >= 0.3 is 0 Å². The lowest BCUT2D eigenvalue weighted by molar-refractivity contribution is -0.384. The second-order valence-corrected chi connectivity index (χ2v) is 9.12. The molecule has 10 nitrogen and oxygen atoms in total. The van der Waals surface area contributed by atoms with Gasteiger partial charge in [-0.15, -0.1) is 0 Å². The summed E-state index contributed by atoms with van der Waals surface area (Å²) in [5.41, 5.74) is 1.03. The SMILES string of the molecule is Cc1ccc(NC(=O)c2cnn(-c3ccc([N+](=O)[O-])cc3)c2)cc1S(=O)(=O)Nc1ccccc1F. The molecule has 12 heteroatoms. The van der Waals surface area contributed by atoms with Crippen molar-refractivity contribution in [3.8, 4) is 5.69 Å². The van der Waals surface area contributed by atoms with Crippen LogP contribution in [-0.2, 0) is 10.0 Å². The molecule has 4 aromatic rings. The Bertz CT molecular complexity index is 1530. The number of hydrogen-bond acceptors (Lipinski definition) is 6. The van der Waals surface area contributed by atoms with E-state index in [1.807, 2.05) is 0 Å². The molecule has 0 fully saturated rings. The van der Waals surface area contributed by atoms with Crippen LogP contribution in [0.25, 0.3) is 5.69 Å². The number of anilines is 2. The Morgan fingerprint density at radius 1 is 1.09 bits per heavy atom. The number of benzene rings is 3. The van der Waals surface area contributed by atoms with Crippen LogP contribution in [0.3, 0.4) is 0 Å². The molecule has 0 spiro atoms. The van der Waals surface area contributed by atoms with Crippen molar-refractivity contribution in [1.82, 2.24) is 9.78 Å². The zero-order chi connectivity index (χ0) is 25.2. The molecule has 0 saturated carbocycles. The van der Waals surface area contributed by atoms with E-state index in [-0.39, 0.29) is 27.5 Å². The average Bonchev–Trinajstić information content (AvgIpc) is 3.32. The fourth-order valence-corrected chi connectivity index (χ4v) is 4.56. The van der Waals surface area contributed by atoms with E-state index in [2.05, 4.69) is 15.1 Å². The number of aromatic nitrogens is 2. The van der Waals surface area contributed by atoms with Crippen molar-refractivity contribution in [2.24, 2.45) is 0 Å². The van der Waals surface area contributed by atoms with E-state index in [0.29, 0.717) is 11.3 Å². The highest BCUT2D eigenvalue weighted by Gasteiger charge is 2.20. The van der Waals surface area contributed by atoms with Gasteiger partial charge in [-0.2, -0.15) is 5.10 Å². The van der Waals surface area contributed by atoms with Gasteiger partial charge in [0.15, 0.2) is 0 Å². The lowest BCUT2D eigenvalue weighted by Gasteiger charge is -2.13. The number of sulfonamides is 1. The number of carbonyl (C=O) groups is 1. The van der Waals surface area contributed by atoms with E-state index >= 15 is 0 Å². The predicted octanol–water partition coefficient (Wildman–Crippen LogP) is 4.28. The fourth-order valence-electron chi connectivity index (χ4n) is 3.22. The molecular formula is C23H18FN5O5S. The molecule has 0 bridgehead atoms. The highest BCUT2D eigenvalue weighted by atomic mass is 32.2. The quantitative estimate of drug-likeness (QED) is 0.290. The molecule has 35 heavy (non-hydrogen) atoms. The molecule has 0 unspecified atom stereocenters. The van der Waals surface area contributed by atoms with Crippen LogP contribution in [0.1, 0.15) is 15.9 Å². The molecule has 0 radical (unpaired) electrons. The number of nitro benzene ring substituents is 1. The summed E-state index contributed by atoms with van der Waals surface area (Å²) >= 11 is 0. The molecule has 2 N–H and O–H groups in total. The minimum Gasteiger partial charge on any atom is -0.322 e. The van der Waals surface area contributed by atoms with Gasteiger partial charge in [0.1, 0.15) is 5.82 Å². The van der Waals surface area contributed by atoms with Crippen molar-refractivity contribution in [1.29, 1.82) is 0 Å². The minimum absolute atomic E-state index is 0.0755. The fraction of sp³-hybridized carbons (Fsp3) is 0.0435. The molecule has 0 aliphatic heterocycles. The van der Waals surface area contributed by atoms with Crippen molar-refractivity contribution in [2.45, 2.75) is 11.8 Å². The Hall–Kier alpha value is -4.58. The normalized spacial score (nSPS) is 11.1. The third kappa shape index (κ3) is 5.17. The molecule has 3 aromatic carbocycles. The molecule has 1 heterocycles. The van der Waals surface area contributed by atoms with Gasteiger partial charge < -0.3 is 5.32 Å². The van der Waals surface area contributed by atoms with Crippen molar-refractivity contribution >= 4 is 33.0 Å². The molecule has 178 valence electrons. The lowest BCUT2D eigenvalue weighted by Crippen LogP contribution is -2.16. The Kier molecular flexibility index (Phi) is 6.30. The maximum atomic E-state index is 13.9. The molecule has 0 atom stereocenters. The van der Waals surface area contributed by atoms with E-state index in [1.165, 1.54) is 77.7 Å². The summed E-state index contributed by atoms with van der Waals surface area (Å²) in [6.45, 7) is 1.58. The van der Waals surface area contributed by atoms with Crippen LogP contribution in [0.5, 0.6) is 0 Å². The van der Waals surface area contributed by atoms with E-state index in [4.69, 9.17) is 0 Å². The summed E-state index contributed by atoms with van der Waals surface area (Å²) in [5.74, 6) is -1.27. The zero-order valence-electron chi connectivity index (χ0n) is 18.2. The summed E-state index contributed by atoms with van der Waals surface area (Å²) in [4.78, 5) is 22.9. The van der Waals surface area contributed by atoms with Crippen LogP contribution in [0, 0.1) is 22.9 Å². The molecule has 4 rings (SSSR count).